The van der Waals surface area contributed by atoms with Crippen molar-refractivity contribution < 1.29 is 19.6 Å². The highest BCUT2D eigenvalue weighted by molar-refractivity contribution is 4.72. The van der Waals surface area contributed by atoms with Crippen molar-refractivity contribution in [1.82, 2.24) is 0 Å². The third-order valence-electron chi connectivity index (χ3n) is 4.88. The van der Waals surface area contributed by atoms with Crippen molar-refractivity contribution in [2.75, 3.05) is 26.4 Å². The fourth-order valence-electron chi connectivity index (χ4n) is 3.59. The van der Waals surface area contributed by atoms with Crippen LogP contribution in [0.2, 0.25) is 0 Å². The van der Waals surface area contributed by atoms with Crippen LogP contribution in [0.25, 0.3) is 0 Å². The van der Waals surface area contributed by atoms with Gasteiger partial charge in [0.1, 0.15) is 0 Å². The van der Waals surface area contributed by atoms with E-state index >= 15 is 0 Å². The van der Waals surface area contributed by atoms with Crippen LogP contribution in [0.4, 0.5) is 0 Å². The van der Waals surface area contributed by atoms with Crippen molar-refractivity contribution in [2.45, 2.75) is 70.6 Å². The van der Waals surface area contributed by atoms with Crippen LogP contribution in [-0.4, -0.2) is 26.4 Å². The molecule has 4 nitrogen and oxygen atoms in total. The molecule has 2 rings (SSSR count). The summed E-state index contributed by atoms with van der Waals surface area (Å²) in [5.41, 5.74) is 0. The van der Waals surface area contributed by atoms with Crippen LogP contribution in [0.15, 0.2) is 0 Å². The topological polar surface area (TPSA) is 36.9 Å². The molecule has 0 aromatic heterocycles. The summed E-state index contributed by atoms with van der Waals surface area (Å²) in [6.07, 6.45) is 14.0. The van der Waals surface area contributed by atoms with Crippen molar-refractivity contribution in [3.63, 3.8) is 0 Å². The average molecular weight is 300 g/mol. The fourth-order valence-corrected chi connectivity index (χ4v) is 3.59. The molecular formula is C17H32O4. The van der Waals surface area contributed by atoms with Crippen molar-refractivity contribution >= 4 is 0 Å². The van der Waals surface area contributed by atoms with Crippen molar-refractivity contribution in [1.29, 1.82) is 0 Å². The Bertz CT molecular complexity index is 225. The molecule has 2 saturated heterocycles. The van der Waals surface area contributed by atoms with Gasteiger partial charge in [0, 0.05) is 13.2 Å². The average Bonchev–Trinajstić information content (AvgIpc) is 2.62. The van der Waals surface area contributed by atoms with Crippen LogP contribution >= 0.6 is 0 Å². The van der Waals surface area contributed by atoms with Crippen molar-refractivity contribution in [3.8, 4) is 0 Å². The predicted octanol–water partition coefficient (Wildman–Crippen LogP) is 4.43. The van der Waals surface area contributed by atoms with E-state index in [0.29, 0.717) is 13.2 Å². The zero-order chi connectivity index (χ0) is 14.6. The Morgan fingerprint density at radius 3 is 2.05 bits per heavy atom. The Morgan fingerprint density at radius 2 is 1.14 bits per heavy atom. The van der Waals surface area contributed by atoms with E-state index in [9.17, 15) is 0 Å². The SMILES string of the molecule is C1CCCCC(C2CCCOOOCC2)CCOCCC1. The molecule has 2 heterocycles. The first-order valence-electron chi connectivity index (χ1n) is 8.95. The smallest absolute Gasteiger partial charge is 0.0856 e. The van der Waals surface area contributed by atoms with Crippen molar-refractivity contribution in [2.24, 2.45) is 11.8 Å². The Morgan fingerprint density at radius 1 is 0.476 bits per heavy atom. The Hall–Kier alpha value is -0.160. The van der Waals surface area contributed by atoms with Gasteiger partial charge in [0.15, 0.2) is 0 Å². The normalized spacial score (nSPS) is 32.0. The molecule has 0 aromatic rings. The summed E-state index contributed by atoms with van der Waals surface area (Å²) in [6.45, 7) is 3.15. The quantitative estimate of drug-likeness (QED) is 0.671. The molecule has 2 unspecified atom stereocenters. The highest BCUT2D eigenvalue weighted by Gasteiger charge is 2.22. The lowest BCUT2D eigenvalue weighted by atomic mass is 9.80. The van der Waals surface area contributed by atoms with Gasteiger partial charge >= 0.3 is 0 Å². The summed E-state index contributed by atoms with van der Waals surface area (Å²) < 4.78 is 5.83. The fraction of sp³-hybridized carbons (Fsp3) is 1.00. The molecule has 2 atom stereocenters. The number of rotatable bonds is 1. The van der Waals surface area contributed by atoms with Crippen LogP contribution in [-0.2, 0) is 19.6 Å². The molecular weight excluding hydrogens is 268 g/mol. The highest BCUT2D eigenvalue weighted by atomic mass is 17.5. The lowest BCUT2D eigenvalue weighted by Crippen LogP contribution is -2.19. The number of hydrogen-bond donors (Lipinski definition) is 0. The maximum Gasteiger partial charge on any atom is 0.0856 e. The van der Waals surface area contributed by atoms with Crippen LogP contribution in [0.5, 0.6) is 0 Å². The number of hydrogen-bond acceptors (Lipinski definition) is 4. The standard InChI is InChI=1S/C17H32O4/c1-2-4-6-12-18-14-10-16(8-5-3-1)17-9-7-13-19-21-20-15-11-17/h16-17H,1-15H2. The second-order valence-electron chi connectivity index (χ2n) is 6.47. The van der Waals surface area contributed by atoms with Crippen LogP contribution in [0, 0.1) is 11.8 Å². The summed E-state index contributed by atoms with van der Waals surface area (Å²) in [5.74, 6) is 1.49. The summed E-state index contributed by atoms with van der Waals surface area (Å²) >= 11 is 0. The van der Waals surface area contributed by atoms with Gasteiger partial charge in [0.25, 0.3) is 0 Å². The van der Waals surface area contributed by atoms with Gasteiger partial charge in [-0.15, -0.1) is 0 Å². The van der Waals surface area contributed by atoms with Crippen LogP contribution < -0.4 is 0 Å². The maximum absolute atomic E-state index is 5.83. The molecule has 0 saturated carbocycles. The number of ether oxygens (including phenoxy) is 1. The summed E-state index contributed by atoms with van der Waals surface area (Å²) in [5, 5.41) is 4.68. The summed E-state index contributed by atoms with van der Waals surface area (Å²) in [6, 6.07) is 0. The molecule has 0 spiro atoms. The minimum atomic E-state index is 0.639. The zero-order valence-corrected chi connectivity index (χ0v) is 13.4. The monoisotopic (exact) mass is 300 g/mol. The van der Waals surface area contributed by atoms with Gasteiger partial charge in [-0.05, 0) is 43.9 Å². The first-order chi connectivity index (χ1) is 10.5. The Balaban J connectivity index is 1.81. The molecule has 2 fully saturated rings. The van der Waals surface area contributed by atoms with Gasteiger partial charge in [0.05, 0.1) is 13.2 Å². The lowest BCUT2D eigenvalue weighted by molar-refractivity contribution is -0.511. The largest absolute Gasteiger partial charge is 0.381 e. The van der Waals surface area contributed by atoms with Gasteiger partial charge in [-0.1, -0.05) is 43.6 Å². The molecule has 21 heavy (non-hydrogen) atoms. The van der Waals surface area contributed by atoms with E-state index in [2.05, 4.69) is 5.04 Å². The van der Waals surface area contributed by atoms with Crippen LogP contribution in [0.3, 0.4) is 0 Å². The second kappa shape index (κ2) is 11.4. The first kappa shape index (κ1) is 17.2. The lowest BCUT2D eigenvalue weighted by Gasteiger charge is -2.27. The molecule has 124 valence electrons. The van der Waals surface area contributed by atoms with E-state index < -0.39 is 0 Å². The van der Waals surface area contributed by atoms with E-state index in [4.69, 9.17) is 14.5 Å². The van der Waals surface area contributed by atoms with E-state index in [0.717, 1.165) is 37.9 Å². The third-order valence-corrected chi connectivity index (χ3v) is 4.88. The molecule has 4 heteroatoms. The Kier molecular flexibility index (Phi) is 9.35. The van der Waals surface area contributed by atoms with Crippen molar-refractivity contribution in [3.05, 3.63) is 0 Å². The van der Waals surface area contributed by atoms with E-state index in [-0.39, 0.29) is 0 Å². The van der Waals surface area contributed by atoms with Gasteiger partial charge < -0.3 is 4.74 Å². The molecule has 0 radical (unpaired) electrons. The molecule has 0 aliphatic carbocycles. The Labute approximate surface area is 129 Å². The summed E-state index contributed by atoms with van der Waals surface area (Å²) in [4.78, 5) is 10.0. The summed E-state index contributed by atoms with van der Waals surface area (Å²) in [7, 11) is 0. The van der Waals surface area contributed by atoms with Gasteiger partial charge in [-0.3, -0.25) is 0 Å². The second-order valence-corrected chi connectivity index (χ2v) is 6.47. The molecule has 0 aromatic carbocycles. The highest BCUT2D eigenvalue weighted by Crippen LogP contribution is 2.30. The maximum atomic E-state index is 5.83. The van der Waals surface area contributed by atoms with E-state index in [1.807, 2.05) is 0 Å². The predicted molar refractivity (Wildman–Crippen MR) is 81.6 cm³/mol. The first-order valence-corrected chi connectivity index (χ1v) is 8.95. The molecule has 0 bridgehead atoms. The van der Waals surface area contributed by atoms with E-state index in [1.54, 1.807) is 0 Å². The minimum absolute atomic E-state index is 0.639. The molecule has 2 aliphatic heterocycles. The van der Waals surface area contributed by atoms with Gasteiger partial charge in [-0.25, -0.2) is 9.78 Å². The van der Waals surface area contributed by atoms with E-state index in [1.165, 1.54) is 57.8 Å². The zero-order valence-electron chi connectivity index (χ0n) is 13.4. The molecule has 0 amide bonds. The van der Waals surface area contributed by atoms with Gasteiger partial charge in [-0.2, -0.15) is 0 Å². The molecule has 2 aliphatic rings. The van der Waals surface area contributed by atoms with Crippen LogP contribution in [0.1, 0.15) is 70.6 Å². The minimum Gasteiger partial charge on any atom is -0.381 e. The third kappa shape index (κ3) is 7.59. The van der Waals surface area contributed by atoms with Gasteiger partial charge in [0.2, 0.25) is 0 Å². The molecule has 0 N–H and O–H groups in total.